The molecule has 0 bridgehead atoms. The minimum absolute atomic E-state index is 0.330. The second-order valence-corrected chi connectivity index (χ2v) is 4.86. The Labute approximate surface area is 122 Å². The summed E-state index contributed by atoms with van der Waals surface area (Å²) in [7, 11) is 0. The number of oxime groups is 1. The molecule has 0 unspecified atom stereocenters. The fraction of sp³-hybridized carbons (Fsp3) is 0.312. The van der Waals surface area contributed by atoms with Gasteiger partial charge < -0.3 is 9.25 Å². The van der Waals surface area contributed by atoms with Crippen LogP contribution in [0.4, 0.5) is 0 Å². The summed E-state index contributed by atoms with van der Waals surface area (Å²) in [4.78, 5) is 27.7. The topological polar surface area (TPSA) is 68.9 Å². The maximum Gasteiger partial charge on any atom is 0.345 e. The molecule has 0 amide bonds. The van der Waals surface area contributed by atoms with Crippen LogP contribution in [0.1, 0.15) is 37.8 Å². The summed E-state index contributed by atoms with van der Waals surface area (Å²) in [5.41, 5.74) is 1.86. The predicted molar refractivity (Wildman–Crippen MR) is 80.4 cm³/mol. The highest BCUT2D eigenvalue weighted by Gasteiger charge is 2.13. The summed E-state index contributed by atoms with van der Waals surface area (Å²) in [5, 5.41) is 4.60. The molecule has 5 heteroatoms. The first-order chi connectivity index (χ1) is 10.0. The summed E-state index contributed by atoms with van der Waals surface area (Å²) in [6, 6.07) is 7.30. The van der Waals surface area contributed by atoms with E-state index in [1.165, 1.54) is 6.92 Å². The third-order valence-corrected chi connectivity index (χ3v) is 2.97. The van der Waals surface area contributed by atoms with Gasteiger partial charge in [-0.1, -0.05) is 30.1 Å². The molecule has 0 saturated carbocycles. The Balaban J connectivity index is 2.56. The quantitative estimate of drug-likeness (QED) is 0.375. The van der Waals surface area contributed by atoms with E-state index in [-0.39, 0.29) is 0 Å². The van der Waals surface area contributed by atoms with Gasteiger partial charge in [0.25, 0.3) is 0 Å². The average molecular weight is 287 g/mol. The van der Waals surface area contributed by atoms with Crippen LogP contribution in [0.2, 0.25) is 0 Å². The lowest BCUT2D eigenvalue weighted by Gasteiger charge is -2.05. The van der Waals surface area contributed by atoms with Crippen LogP contribution in [0.25, 0.3) is 11.0 Å². The molecule has 2 rings (SSSR count). The lowest BCUT2D eigenvalue weighted by atomic mass is 10.1. The number of nitrogens with zero attached hydrogens (tertiary/aromatic N) is 1. The maximum atomic E-state index is 12.1. The normalized spacial score (nSPS) is 11.7. The molecule has 0 saturated heterocycles. The molecular weight excluding hydrogens is 270 g/mol. The van der Waals surface area contributed by atoms with Crippen LogP contribution in [0.15, 0.2) is 38.6 Å². The average Bonchev–Trinajstić information content (AvgIpc) is 2.43. The molecule has 0 aliphatic heterocycles. The third kappa shape index (κ3) is 3.56. The number of fused-ring (bicyclic) bond motifs is 1. The van der Waals surface area contributed by atoms with Gasteiger partial charge in [0.2, 0.25) is 0 Å². The van der Waals surface area contributed by atoms with E-state index in [2.05, 4.69) is 9.99 Å². The Bertz CT molecular complexity index is 758. The van der Waals surface area contributed by atoms with Crippen molar-refractivity contribution in [1.29, 1.82) is 0 Å². The monoisotopic (exact) mass is 287 g/mol. The molecule has 21 heavy (non-hydrogen) atoms. The lowest BCUT2D eigenvalue weighted by Crippen LogP contribution is -2.15. The Morgan fingerprint density at radius 3 is 2.76 bits per heavy atom. The smallest absolute Gasteiger partial charge is 0.345 e. The van der Waals surface area contributed by atoms with Gasteiger partial charge in [-0.3, -0.25) is 0 Å². The second-order valence-electron chi connectivity index (χ2n) is 4.86. The summed E-state index contributed by atoms with van der Waals surface area (Å²) in [6.07, 6.45) is 1.29. The van der Waals surface area contributed by atoms with Gasteiger partial charge in [-0.05, 0) is 31.5 Å². The van der Waals surface area contributed by atoms with E-state index in [4.69, 9.17) is 4.42 Å². The molecule has 2 aromatic rings. The van der Waals surface area contributed by atoms with E-state index in [1.807, 2.05) is 26.0 Å². The first-order valence-electron chi connectivity index (χ1n) is 6.80. The van der Waals surface area contributed by atoms with Gasteiger partial charge in [-0.15, -0.1) is 0 Å². The molecule has 1 aromatic heterocycles. The van der Waals surface area contributed by atoms with Crippen molar-refractivity contribution in [2.24, 2.45) is 5.16 Å². The van der Waals surface area contributed by atoms with Crippen molar-refractivity contribution in [2.45, 2.75) is 33.6 Å². The van der Waals surface area contributed by atoms with Gasteiger partial charge in [-0.25, -0.2) is 9.59 Å². The Hall–Kier alpha value is -2.43. The number of rotatable bonds is 4. The highest BCUT2D eigenvalue weighted by molar-refractivity contribution is 6.02. The van der Waals surface area contributed by atoms with Crippen LogP contribution in [0, 0.1) is 6.92 Å². The standard InChI is InChI=1S/C16H17NO4/c1-4-5-14(17-21-11(3)18)13-9-12-8-10(2)6-7-15(12)20-16(13)19/h6-9H,4-5H2,1-3H3. The largest absolute Gasteiger partial charge is 0.422 e. The SMILES string of the molecule is CCCC(=NOC(C)=O)c1cc2cc(C)ccc2oc1=O. The van der Waals surface area contributed by atoms with Gasteiger partial charge in [0.15, 0.2) is 0 Å². The molecule has 0 N–H and O–H groups in total. The molecule has 1 aromatic carbocycles. The zero-order chi connectivity index (χ0) is 15.4. The van der Waals surface area contributed by atoms with Crippen LogP contribution >= 0.6 is 0 Å². The number of carbonyl (C=O) groups is 1. The Morgan fingerprint density at radius 1 is 1.33 bits per heavy atom. The minimum atomic E-state index is -0.523. The first kappa shape index (κ1) is 15.0. The second kappa shape index (κ2) is 6.35. The van der Waals surface area contributed by atoms with Crippen LogP contribution in [-0.2, 0) is 9.63 Å². The number of hydrogen-bond donors (Lipinski definition) is 0. The van der Waals surface area contributed by atoms with Crippen molar-refractivity contribution >= 4 is 22.7 Å². The van der Waals surface area contributed by atoms with Crippen LogP contribution in [-0.4, -0.2) is 11.7 Å². The summed E-state index contributed by atoms with van der Waals surface area (Å²) in [6.45, 7) is 5.18. The number of aryl methyl sites for hydroxylation is 1. The Kier molecular flexibility index (Phi) is 4.52. The molecule has 110 valence electrons. The lowest BCUT2D eigenvalue weighted by molar-refractivity contribution is -0.140. The fourth-order valence-corrected chi connectivity index (χ4v) is 2.03. The summed E-state index contributed by atoms with van der Waals surface area (Å²) in [5.74, 6) is -0.523. The highest BCUT2D eigenvalue weighted by atomic mass is 16.7. The molecule has 0 aliphatic carbocycles. The maximum absolute atomic E-state index is 12.1. The van der Waals surface area contributed by atoms with E-state index >= 15 is 0 Å². The van der Waals surface area contributed by atoms with E-state index in [0.717, 1.165) is 17.4 Å². The van der Waals surface area contributed by atoms with Crippen molar-refractivity contribution in [3.05, 3.63) is 45.8 Å². The number of carbonyl (C=O) groups excluding carboxylic acids is 1. The predicted octanol–water partition coefficient (Wildman–Crippen LogP) is 3.17. The van der Waals surface area contributed by atoms with Crippen LogP contribution in [0.5, 0.6) is 0 Å². The van der Waals surface area contributed by atoms with Crippen molar-refractivity contribution in [3.8, 4) is 0 Å². The van der Waals surface area contributed by atoms with Gasteiger partial charge in [0.05, 0.1) is 11.3 Å². The number of hydrogen-bond acceptors (Lipinski definition) is 5. The van der Waals surface area contributed by atoms with Crippen molar-refractivity contribution < 1.29 is 14.0 Å². The van der Waals surface area contributed by atoms with E-state index < -0.39 is 11.6 Å². The fourth-order valence-electron chi connectivity index (χ4n) is 2.03. The first-order valence-corrected chi connectivity index (χ1v) is 6.80. The molecule has 5 nitrogen and oxygen atoms in total. The van der Waals surface area contributed by atoms with E-state index in [9.17, 15) is 9.59 Å². The van der Waals surface area contributed by atoms with Gasteiger partial charge in [0, 0.05) is 12.3 Å². The van der Waals surface area contributed by atoms with Crippen LogP contribution in [0.3, 0.4) is 0 Å². The minimum Gasteiger partial charge on any atom is -0.422 e. The molecule has 0 spiro atoms. The number of benzene rings is 1. The molecule has 0 aliphatic rings. The third-order valence-electron chi connectivity index (χ3n) is 2.97. The van der Waals surface area contributed by atoms with Crippen molar-refractivity contribution in [2.75, 3.05) is 0 Å². The zero-order valence-electron chi connectivity index (χ0n) is 12.3. The van der Waals surface area contributed by atoms with Gasteiger partial charge in [-0.2, -0.15) is 0 Å². The van der Waals surface area contributed by atoms with Crippen molar-refractivity contribution in [3.63, 3.8) is 0 Å². The van der Waals surface area contributed by atoms with Crippen molar-refractivity contribution in [1.82, 2.24) is 0 Å². The summed E-state index contributed by atoms with van der Waals surface area (Å²) < 4.78 is 5.31. The van der Waals surface area contributed by atoms with E-state index in [0.29, 0.717) is 23.3 Å². The highest BCUT2D eigenvalue weighted by Crippen LogP contribution is 2.16. The molecular formula is C16H17NO4. The molecule has 0 radical (unpaired) electrons. The van der Waals surface area contributed by atoms with E-state index in [1.54, 1.807) is 12.1 Å². The summed E-state index contributed by atoms with van der Waals surface area (Å²) >= 11 is 0. The molecule has 1 heterocycles. The molecule has 0 fully saturated rings. The Morgan fingerprint density at radius 2 is 2.10 bits per heavy atom. The van der Waals surface area contributed by atoms with Gasteiger partial charge >= 0.3 is 11.6 Å². The molecule has 0 atom stereocenters. The van der Waals surface area contributed by atoms with Crippen LogP contribution < -0.4 is 5.63 Å². The van der Waals surface area contributed by atoms with Gasteiger partial charge in [0.1, 0.15) is 5.58 Å². The zero-order valence-corrected chi connectivity index (χ0v) is 12.3.